The summed E-state index contributed by atoms with van der Waals surface area (Å²) in [4.78, 5) is 40.8. The zero-order chi connectivity index (χ0) is 23.5. The largest absolute Gasteiger partial charge is 0.507 e. The summed E-state index contributed by atoms with van der Waals surface area (Å²) < 4.78 is 6.13. The molecule has 2 aliphatic heterocycles. The lowest BCUT2D eigenvalue weighted by Gasteiger charge is -2.30. The van der Waals surface area contributed by atoms with Gasteiger partial charge in [0.15, 0.2) is 0 Å². The van der Waals surface area contributed by atoms with Crippen molar-refractivity contribution in [2.24, 2.45) is 0 Å². The molecule has 0 aromatic heterocycles. The molecule has 172 valence electrons. The van der Waals surface area contributed by atoms with E-state index in [0.717, 1.165) is 4.47 Å². The van der Waals surface area contributed by atoms with Gasteiger partial charge in [-0.2, -0.15) is 0 Å². The summed E-state index contributed by atoms with van der Waals surface area (Å²) in [5, 5.41) is 22.8. The van der Waals surface area contributed by atoms with Crippen LogP contribution >= 0.6 is 15.9 Å². The fraction of sp³-hybridized carbons (Fsp3) is 0.304. The van der Waals surface area contributed by atoms with Crippen LogP contribution in [0.1, 0.15) is 17.2 Å². The van der Waals surface area contributed by atoms with Crippen molar-refractivity contribution in [3.63, 3.8) is 0 Å². The van der Waals surface area contributed by atoms with Crippen molar-refractivity contribution in [2.75, 3.05) is 39.4 Å². The molecule has 0 saturated carbocycles. The van der Waals surface area contributed by atoms with Crippen molar-refractivity contribution in [3.8, 4) is 0 Å². The van der Waals surface area contributed by atoms with Crippen LogP contribution in [0.3, 0.4) is 0 Å². The van der Waals surface area contributed by atoms with Gasteiger partial charge in [-0.15, -0.1) is 0 Å². The number of nitrogens with zero attached hydrogens (tertiary/aromatic N) is 3. The van der Waals surface area contributed by atoms with E-state index in [1.54, 1.807) is 30.3 Å². The first-order valence-electron chi connectivity index (χ1n) is 10.5. The number of hydrogen-bond donors (Lipinski definition) is 1. The number of aliphatic hydroxyl groups excluding tert-OH is 1. The number of carbonyl (C=O) groups excluding carboxylic acids is 2. The molecule has 2 aromatic carbocycles. The number of para-hydroxylation sites is 1. The molecule has 0 aliphatic carbocycles. The van der Waals surface area contributed by atoms with Gasteiger partial charge in [0.05, 0.1) is 35.3 Å². The van der Waals surface area contributed by atoms with Gasteiger partial charge in [0.1, 0.15) is 5.76 Å². The van der Waals surface area contributed by atoms with Crippen LogP contribution in [-0.4, -0.2) is 70.9 Å². The topological polar surface area (TPSA) is 113 Å². The Labute approximate surface area is 198 Å². The van der Waals surface area contributed by atoms with E-state index in [4.69, 9.17) is 4.74 Å². The maximum absolute atomic E-state index is 13.1. The third-order valence-corrected chi connectivity index (χ3v) is 6.38. The van der Waals surface area contributed by atoms with Crippen molar-refractivity contribution in [1.82, 2.24) is 9.80 Å². The molecule has 2 saturated heterocycles. The van der Waals surface area contributed by atoms with E-state index in [2.05, 4.69) is 20.8 Å². The molecule has 1 unspecified atom stereocenters. The predicted molar refractivity (Wildman–Crippen MR) is 124 cm³/mol. The van der Waals surface area contributed by atoms with Crippen LogP contribution in [0.15, 0.2) is 58.6 Å². The third kappa shape index (κ3) is 4.68. The molecule has 2 heterocycles. The normalized spacial score (nSPS) is 20.9. The van der Waals surface area contributed by atoms with Crippen LogP contribution in [0.5, 0.6) is 0 Å². The maximum atomic E-state index is 13.1. The number of Topliss-reactive ketones (excluding diaryl/α,β-unsaturated/α-hetero) is 1. The number of likely N-dealkylation sites (tertiary alicyclic amines) is 1. The number of hydrogen-bond acceptors (Lipinski definition) is 7. The number of carbonyl (C=O) groups is 2. The second kappa shape index (κ2) is 9.82. The number of benzene rings is 2. The minimum atomic E-state index is -1.07. The molecular formula is C23H22BrN3O6. The van der Waals surface area contributed by atoms with Crippen LogP contribution < -0.4 is 0 Å². The Hall–Kier alpha value is -3.08. The van der Waals surface area contributed by atoms with E-state index >= 15 is 0 Å². The first-order valence-corrected chi connectivity index (χ1v) is 11.3. The molecule has 0 radical (unpaired) electrons. The lowest BCUT2D eigenvalue weighted by molar-refractivity contribution is -0.385. The predicted octanol–water partition coefficient (Wildman–Crippen LogP) is 3.11. The highest BCUT2D eigenvalue weighted by Crippen LogP contribution is 2.42. The Morgan fingerprint density at radius 2 is 1.76 bits per heavy atom. The molecule has 1 atom stereocenters. The van der Waals surface area contributed by atoms with E-state index in [1.807, 2.05) is 0 Å². The zero-order valence-corrected chi connectivity index (χ0v) is 19.2. The van der Waals surface area contributed by atoms with Gasteiger partial charge in [-0.1, -0.05) is 40.2 Å². The van der Waals surface area contributed by atoms with Crippen molar-refractivity contribution in [1.29, 1.82) is 0 Å². The molecule has 33 heavy (non-hydrogen) atoms. The van der Waals surface area contributed by atoms with E-state index < -0.39 is 22.7 Å². The van der Waals surface area contributed by atoms with Crippen molar-refractivity contribution < 1.29 is 24.4 Å². The summed E-state index contributed by atoms with van der Waals surface area (Å²) >= 11 is 3.33. The summed E-state index contributed by atoms with van der Waals surface area (Å²) in [5.74, 6) is -2.01. The molecular weight excluding hydrogens is 494 g/mol. The minimum Gasteiger partial charge on any atom is -0.507 e. The Balaban J connectivity index is 1.80. The smallest absolute Gasteiger partial charge is 0.295 e. The van der Waals surface area contributed by atoms with Gasteiger partial charge in [0.25, 0.3) is 17.4 Å². The molecule has 0 spiro atoms. The standard InChI is InChI=1S/C23H22BrN3O6/c24-16-7-5-15(6-8-16)21(28)19-20(17-3-1-2-4-18(17)27(31)32)26(23(30)22(19)29)10-9-25-11-13-33-14-12-25/h1-8,20,28H,9-14H2/b21-19-. The molecule has 4 rings (SSSR count). The van der Waals surface area contributed by atoms with E-state index in [-0.39, 0.29) is 29.1 Å². The van der Waals surface area contributed by atoms with Gasteiger partial charge in [0.2, 0.25) is 0 Å². The van der Waals surface area contributed by atoms with Crippen LogP contribution in [0.4, 0.5) is 5.69 Å². The minimum absolute atomic E-state index is 0.154. The second-order valence-corrected chi connectivity index (χ2v) is 8.68. The Morgan fingerprint density at radius 3 is 2.42 bits per heavy atom. The van der Waals surface area contributed by atoms with Gasteiger partial charge in [-0.3, -0.25) is 24.6 Å². The van der Waals surface area contributed by atoms with Crippen LogP contribution in [0.2, 0.25) is 0 Å². The van der Waals surface area contributed by atoms with Gasteiger partial charge < -0.3 is 14.7 Å². The van der Waals surface area contributed by atoms with Crippen molar-refractivity contribution >= 4 is 39.1 Å². The van der Waals surface area contributed by atoms with Crippen LogP contribution in [-0.2, 0) is 14.3 Å². The molecule has 1 amide bonds. The summed E-state index contributed by atoms with van der Waals surface area (Å²) in [6.07, 6.45) is 0. The first kappa shape index (κ1) is 23.1. The molecule has 2 aromatic rings. The summed E-state index contributed by atoms with van der Waals surface area (Å²) in [5.41, 5.74) is 0.149. The van der Waals surface area contributed by atoms with Crippen LogP contribution in [0, 0.1) is 10.1 Å². The van der Waals surface area contributed by atoms with Gasteiger partial charge in [-0.25, -0.2) is 0 Å². The van der Waals surface area contributed by atoms with Gasteiger partial charge in [-0.05, 0) is 18.2 Å². The van der Waals surface area contributed by atoms with Crippen molar-refractivity contribution in [2.45, 2.75) is 6.04 Å². The monoisotopic (exact) mass is 515 g/mol. The molecule has 10 heteroatoms. The summed E-state index contributed by atoms with van der Waals surface area (Å²) in [7, 11) is 0. The molecule has 9 nitrogen and oxygen atoms in total. The number of rotatable bonds is 6. The second-order valence-electron chi connectivity index (χ2n) is 7.77. The Morgan fingerprint density at radius 1 is 1.09 bits per heavy atom. The number of amides is 1. The SMILES string of the molecule is O=C1C(=O)N(CCN2CCOCC2)C(c2ccccc2[N+](=O)[O-])/C1=C(/O)c1ccc(Br)cc1. The lowest BCUT2D eigenvalue weighted by atomic mass is 9.94. The summed E-state index contributed by atoms with van der Waals surface area (Å²) in [6.45, 7) is 3.20. The number of nitro groups is 1. The summed E-state index contributed by atoms with van der Waals surface area (Å²) in [6, 6.07) is 11.5. The number of halogens is 1. The van der Waals surface area contributed by atoms with Gasteiger partial charge >= 0.3 is 0 Å². The number of ketones is 1. The molecule has 2 fully saturated rings. The quantitative estimate of drug-likeness (QED) is 0.206. The lowest BCUT2D eigenvalue weighted by Crippen LogP contribution is -2.42. The average Bonchev–Trinajstić information content (AvgIpc) is 3.08. The average molecular weight is 516 g/mol. The van der Waals surface area contributed by atoms with Crippen molar-refractivity contribution in [3.05, 3.63) is 79.8 Å². The number of nitro benzene ring substituents is 1. The molecule has 2 aliphatic rings. The fourth-order valence-electron chi connectivity index (χ4n) is 4.16. The van der Waals surface area contributed by atoms with E-state index in [9.17, 15) is 24.8 Å². The number of ether oxygens (including phenoxy) is 1. The number of aliphatic hydroxyl groups is 1. The molecule has 1 N–H and O–H groups in total. The highest BCUT2D eigenvalue weighted by atomic mass is 79.9. The molecule has 0 bridgehead atoms. The highest BCUT2D eigenvalue weighted by Gasteiger charge is 2.48. The maximum Gasteiger partial charge on any atom is 0.295 e. The van der Waals surface area contributed by atoms with E-state index in [0.29, 0.717) is 38.4 Å². The third-order valence-electron chi connectivity index (χ3n) is 5.85. The van der Waals surface area contributed by atoms with E-state index in [1.165, 1.54) is 23.1 Å². The zero-order valence-electron chi connectivity index (χ0n) is 17.6. The van der Waals surface area contributed by atoms with Crippen LogP contribution in [0.25, 0.3) is 5.76 Å². The van der Waals surface area contributed by atoms with Gasteiger partial charge in [0, 0.05) is 42.3 Å². The highest BCUT2D eigenvalue weighted by molar-refractivity contribution is 9.10. The Kier molecular flexibility index (Phi) is 6.87. The number of morpholine rings is 1. The fourth-order valence-corrected chi connectivity index (χ4v) is 4.42. The Bertz CT molecular complexity index is 1110. The first-order chi connectivity index (χ1) is 15.9.